The van der Waals surface area contributed by atoms with Crippen LogP contribution in [0, 0.1) is 0 Å². The van der Waals surface area contributed by atoms with Crippen molar-refractivity contribution in [2.45, 2.75) is 26.4 Å². The number of hydrogen-bond donors (Lipinski definition) is 1. The quantitative estimate of drug-likeness (QED) is 0.656. The van der Waals surface area contributed by atoms with Crippen LogP contribution in [0.4, 0.5) is 0 Å². The van der Waals surface area contributed by atoms with Gasteiger partial charge >= 0.3 is 0 Å². The molecule has 1 N–H and O–H groups in total. The molecule has 5 nitrogen and oxygen atoms in total. The number of para-hydroxylation sites is 1. The molecule has 0 aliphatic rings. The first-order chi connectivity index (χ1) is 12.9. The molecule has 0 radical (unpaired) electrons. The predicted molar refractivity (Wildman–Crippen MR) is 110 cm³/mol. The highest BCUT2D eigenvalue weighted by Crippen LogP contribution is 2.23. The standard InChI is InChI=1S/C20H22BrClN2O3/c1-3-23-20(26)14(2)24(12-15-7-6-8-16(21)11-15)19(25)13-27-18-10-5-4-9-17(18)22/h4-11,14H,3,12-13H2,1-2H3,(H,23,26). The van der Waals surface area contributed by atoms with E-state index in [1.807, 2.05) is 31.2 Å². The summed E-state index contributed by atoms with van der Waals surface area (Å²) in [6, 6.07) is 13.9. The van der Waals surface area contributed by atoms with Gasteiger partial charge in [-0.3, -0.25) is 9.59 Å². The molecule has 0 aliphatic heterocycles. The van der Waals surface area contributed by atoms with E-state index >= 15 is 0 Å². The summed E-state index contributed by atoms with van der Waals surface area (Å²) >= 11 is 9.50. The van der Waals surface area contributed by atoms with Gasteiger partial charge in [0, 0.05) is 17.6 Å². The van der Waals surface area contributed by atoms with Crippen LogP contribution in [-0.2, 0) is 16.1 Å². The third kappa shape index (κ3) is 6.26. The molecule has 0 bridgehead atoms. The van der Waals surface area contributed by atoms with Crippen LogP contribution < -0.4 is 10.1 Å². The number of carbonyl (C=O) groups is 2. The van der Waals surface area contributed by atoms with Gasteiger partial charge in [0.15, 0.2) is 6.61 Å². The van der Waals surface area contributed by atoms with E-state index in [2.05, 4.69) is 21.2 Å². The fourth-order valence-electron chi connectivity index (χ4n) is 2.52. The molecule has 2 rings (SSSR count). The molecule has 2 aromatic carbocycles. The Morgan fingerprint density at radius 2 is 1.96 bits per heavy atom. The lowest BCUT2D eigenvalue weighted by molar-refractivity contribution is -0.142. The summed E-state index contributed by atoms with van der Waals surface area (Å²) in [5.41, 5.74) is 0.909. The third-order valence-electron chi connectivity index (χ3n) is 3.95. The van der Waals surface area contributed by atoms with Gasteiger partial charge in [0.2, 0.25) is 5.91 Å². The molecule has 144 valence electrons. The van der Waals surface area contributed by atoms with Gasteiger partial charge in [-0.05, 0) is 43.7 Å². The number of likely N-dealkylation sites (N-methyl/N-ethyl adjacent to an activating group) is 1. The van der Waals surface area contributed by atoms with E-state index in [4.69, 9.17) is 16.3 Å². The van der Waals surface area contributed by atoms with Crippen molar-refractivity contribution in [1.82, 2.24) is 10.2 Å². The number of benzene rings is 2. The third-order valence-corrected chi connectivity index (χ3v) is 4.75. The second kappa shape index (κ2) is 10.3. The molecule has 0 saturated heterocycles. The summed E-state index contributed by atoms with van der Waals surface area (Å²) in [7, 11) is 0. The van der Waals surface area contributed by atoms with E-state index in [1.54, 1.807) is 31.2 Å². The second-order valence-corrected chi connectivity index (χ2v) is 7.26. The zero-order chi connectivity index (χ0) is 19.8. The first-order valence-electron chi connectivity index (χ1n) is 8.61. The number of halogens is 2. The number of hydrogen-bond acceptors (Lipinski definition) is 3. The molecule has 27 heavy (non-hydrogen) atoms. The SMILES string of the molecule is CCNC(=O)C(C)N(Cc1cccc(Br)c1)C(=O)COc1ccccc1Cl. The molecule has 0 aromatic heterocycles. The minimum atomic E-state index is -0.633. The highest BCUT2D eigenvalue weighted by atomic mass is 79.9. The van der Waals surface area contributed by atoms with Crippen LogP contribution in [0.2, 0.25) is 5.02 Å². The molecule has 0 aliphatic carbocycles. The Hall–Kier alpha value is -2.05. The summed E-state index contributed by atoms with van der Waals surface area (Å²) in [6.07, 6.45) is 0. The van der Waals surface area contributed by atoms with Gasteiger partial charge in [-0.1, -0.05) is 51.8 Å². The number of nitrogens with one attached hydrogen (secondary N) is 1. The first-order valence-corrected chi connectivity index (χ1v) is 9.78. The number of amides is 2. The molecule has 0 spiro atoms. The fraction of sp³-hybridized carbons (Fsp3) is 0.300. The Labute approximate surface area is 172 Å². The van der Waals surface area contributed by atoms with Gasteiger partial charge < -0.3 is 15.0 Å². The van der Waals surface area contributed by atoms with E-state index in [9.17, 15) is 9.59 Å². The van der Waals surface area contributed by atoms with Crippen LogP contribution in [0.15, 0.2) is 53.0 Å². The summed E-state index contributed by atoms with van der Waals surface area (Å²) in [4.78, 5) is 26.6. The van der Waals surface area contributed by atoms with E-state index in [0.29, 0.717) is 23.9 Å². The Kier molecular flexibility index (Phi) is 8.13. The van der Waals surface area contributed by atoms with Crippen LogP contribution in [0.25, 0.3) is 0 Å². The number of rotatable bonds is 8. The summed E-state index contributed by atoms with van der Waals surface area (Å²) in [6.45, 7) is 4.13. The van der Waals surface area contributed by atoms with Crippen LogP contribution in [0.3, 0.4) is 0 Å². The van der Waals surface area contributed by atoms with Gasteiger partial charge in [0.25, 0.3) is 5.91 Å². The maximum absolute atomic E-state index is 12.8. The van der Waals surface area contributed by atoms with Crippen LogP contribution >= 0.6 is 27.5 Å². The first kappa shape index (κ1) is 21.3. The summed E-state index contributed by atoms with van der Waals surface area (Å²) < 4.78 is 6.47. The molecule has 1 atom stereocenters. The topological polar surface area (TPSA) is 58.6 Å². The van der Waals surface area contributed by atoms with Gasteiger partial charge in [-0.15, -0.1) is 0 Å². The van der Waals surface area contributed by atoms with Crippen LogP contribution in [0.5, 0.6) is 5.75 Å². The van der Waals surface area contributed by atoms with Crippen molar-refractivity contribution in [1.29, 1.82) is 0 Å². The molecular weight excluding hydrogens is 432 g/mol. The van der Waals surface area contributed by atoms with E-state index in [0.717, 1.165) is 10.0 Å². The highest BCUT2D eigenvalue weighted by Gasteiger charge is 2.26. The van der Waals surface area contributed by atoms with Crippen molar-refractivity contribution in [2.75, 3.05) is 13.2 Å². The number of nitrogens with zero attached hydrogens (tertiary/aromatic N) is 1. The largest absolute Gasteiger partial charge is 0.482 e. The van der Waals surface area contributed by atoms with Crippen molar-refractivity contribution < 1.29 is 14.3 Å². The molecule has 1 unspecified atom stereocenters. The van der Waals surface area contributed by atoms with Gasteiger partial charge in [0.1, 0.15) is 11.8 Å². The monoisotopic (exact) mass is 452 g/mol. The lowest BCUT2D eigenvalue weighted by Gasteiger charge is -2.28. The van der Waals surface area contributed by atoms with Gasteiger partial charge in [-0.2, -0.15) is 0 Å². The average molecular weight is 454 g/mol. The van der Waals surface area contributed by atoms with Crippen molar-refractivity contribution in [3.63, 3.8) is 0 Å². The Bertz CT molecular complexity index is 800. The maximum atomic E-state index is 12.8. The van der Waals surface area contributed by atoms with Crippen molar-refractivity contribution in [3.8, 4) is 5.75 Å². The molecule has 2 amide bonds. The molecule has 0 saturated carbocycles. The Morgan fingerprint density at radius 3 is 2.63 bits per heavy atom. The Morgan fingerprint density at radius 1 is 1.22 bits per heavy atom. The Balaban J connectivity index is 2.15. The molecule has 0 heterocycles. The summed E-state index contributed by atoms with van der Waals surface area (Å²) in [5, 5.41) is 3.19. The zero-order valence-electron chi connectivity index (χ0n) is 15.2. The van der Waals surface area contributed by atoms with Gasteiger partial charge in [-0.25, -0.2) is 0 Å². The minimum absolute atomic E-state index is 0.207. The van der Waals surface area contributed by atoms with E-state index < -0.39 is 6.04 Å². The minimum Gasteiger partial charge on any atom is -0.482 e. The fourth-order valence-corrected chi connectivity index (χ4v) is 3.16. The lowest BCUT2D eigenvalue weighted by Crippen LogP contribution is -2.49. The average Bonchev–Trinajstić information content (AvgIpc) is 2.65. The van der Waals surface area contributed by atoms with Crippen molar-refractivity contribution in [2.24, 2.45) is 0 Å². The zero-order valence-corrected chi connectivity index (χ0v) is 17.6. The number of ether oxygens (including phenoxy) is 1. The molecule has 7 heteroatoms. The van der Waals surface area contributed by atoms with Crippen LogP contribution in [0.1, 0.15) is 19.4 Å². The van der Waals surface area contributed by atoms with Crippen molar-refractivity contribution in [3.05, 3.63) is 63.6 Å². The lowest BCUT2D eigenvalue weighted by atomic mass is 10.1. The summed E-state index contributed by atoms with van der Waals surface area (Å²) in [5.74, 6) is -0.0761. The van der Waals surface area contributed by atoms with E-state index in [-0.39, 0.29) is 18.4 Å². The number of carbonyl (C=O) groups excluding carboxylic acids is 2. The normalized spacial score (nSPS) is 11.6. The highest BCUT2D eigenvalue weighted by molar-refractivity contribution is 9.10. The van der Waals surface area contributed by atoms with Crippen LogP contribution in [-0.4, -0.2) is 35.9 Å². The van der Waals surface area contributed by atoms with E-state index in [1.165, 1.54) is 4.90 Å². The van der Waals surface area contributed by atoms with Gasteiger partial charge in [0.05, 0.1) is 5.02 Å². The second-order valence-electron chi connectivity index (χ2n) is 5.94. The molecule has 2 aromatic rings. The molecule has 0 fully saturated rings. The van der Waals surface area contributed by atoms with Crippen molar-refractivity contribution >= 4 is 39.3 Å². The maximum Gasteiger partial charge on any atom is 0.261 e. The predicted octanol–water partition coefficient (Wildman–Crippen LogP) is 4.03. The smallest absolute Gasteiger partial charge is 0.261 e. The molecular formula is C20H22BrClN2O3.